The number of carboxylic acid groups (broad SMARTS) is 1. The number of anilines is 2. The van der Waals surface area contributed by atoms with E-state index in [1.54, 1.807) is 38.1 Å². The Bertz CT molecular complexity index is 836. The monoisotopic (exact) mass is 491 g/mol. The molecular weight excluding hydrogens is 467 g/mol. The Morgan fingerprint density at radius 2 is 1.77 bits per heavy atom. The van der Waals surface area contributed by atoms with Gasteiger partial charge in [-0.1, -0.05) is 29.8 Å². The fourth-order valence-electron chi connectivity index (χ4n) is 2.52. The van der Waals surface area contributed by atoms with Crippen molar-refractivity contribution < 1.29 is 27.8 Å². The second-order valence-corrected chi connectivity index (χ2v) is 7.67. The lowest BCUT2D eigenvalue weighted by molar-refractivity contribution is 0.209. The Hall–Kier alpha value is -2.49. The number of halogens is 4. The van der Waals surface area contributed by atoms with Crippen molar-refractivity contribution in [3.8, 4) is 5.88 Å². The first kappa shape index (κ1) is 25.5. The molecule has 6 nitrogen and oxygen atoms in total. The maximum Gasteiger partial charge on any atom is 0.409 e. The highest BCUT2D eigenvalue weighted by molar-refractivity contribution is 9.10. The molecule has 0 spiro atoms. The van der Waals surface area contributed by atoms with Gasteiger partial charge in [0.1, 0.15) is 5.69 Å². The summed E-state index contributed by atoms with van der Waals surface area (Å²) in [7, 11) is 0. The highest BCUT2D eigenvalue weighted by Gasteiger charge is 2.22. The first-order valence-electron chi connectivity index (χ1n) is 9.24. The van der Waals surface area contributed by atoms with Gasteiger partial charge in [-0.05, 0) is 50.5 Å². The van der Waals surface area contributed by atoms with Crippen molar-refractivity contribution in [3.05, 3.63) is 46.3 Å². The normalized spacial score (nSPS) is 11.4. The van der Waals surface area contributed by atoms with E-state index in [9.17, 15) is 18.0 Å². The maximum absolute atomic E-state index is 13.9. The Balaban J connectivity index is 0.000000346. The summed E-state index contributed by atoms with van der Waals surface area (Å²) in [4.78, 5) is 13.2. The molecule has 0 saturated carbocycles. The lowest BCUT2D eigenvalue weighted by atomic mass is 10.1. The van der Waals surface area contributed by atoms with Crippen molar-refractivity contribution in [2.75, 3.05) is 17.2 Å². The van der Waals surface area contributed by atoms with E-state index in [-0.39, 0.29) is 12.6 Å². The van der Waals surface area contributed by atoms with Gasteiger partial charge >= 0.3 is 6.09 Å². The molecule has 1 heterocycles. The number of hydrogen-bond acceptors (Lipinski definition) is 4. The molecule has 2 rings (SSSR count). The minimum atomic E-state index is -1.37. The van der Waals surface area contributed by atoms with Crippen LogP contribution in [0.5, 0.6) is 5.88 Å². The smallest absolute Gasteiger partial charge is 0.409 e. The molecule has 1 aromatic carbocycles. The Morgan fingerprint density at radius 3 is 2.27 bits per heavy atom. The van der Waals surface area contributed by atoms with Crippen LogP contribution in [0.2, 0.25) is 0 Å². The van der Waals surface area contributed by atoms with Gasteiger partial charge in [0.2, 0.25) is 11.6 Å². The number of benzene rings is 1. The third-order valence-corrected chi connectivity index (χ3v) is 4.13. The van der Waals surface area contributed by atoms with E-state index < -0.39 is 35.2 Å². The van der Waals surface area contributed by atoms with Gasteiger partial charge in [-0.25, -0.2) is 4.79 Å². The van der Waals surface area contributed by atoms with Crippen LogP contribution in [0.4, 0.5) is 29.3 Å². The average Bonchev–Trinajstić information content (AvgIpc) is 2.65. The molecule has 10 heteroatoms. The van der Waals surface area contributed by atoms with E-state index >= 15 is 0 Å². The minimum absolute atomic E-state index is 0.121. The first-order chi connectivity index (χ1) is 14.0. The second-order valence-electron chi connectivity index (χ2n) is 6.76. The van der Waals surface area contributed by atoms with Crippen LogP contribution >= 0.6 is 15.9 Å². The molecule has 0 aliphatic heterocycles. The van der Waals surface area contributed by atoms with Crippen LogP contribution in [0, 0.1) is 23.5 Å². The highest BCUT2D eigenvalue weighted by atomic mass is 79.9. The average molecular weight is 492 g/mol. The number of rotatable bonds is 7. The highest BCUT2D eigenvalue weighted by Crippen LogP contribution is 2.28. The molecular formula is C20H25BrF3N3O3. The zero-order chi connectivity index (χ0) is 22.8. The Morgan fingerprint density at radius 1 is 1.17 bits per heavy atom. The van der Waals surface area contributed by atoms with Crippen LogP contribution in [0.15, 0.2) is 28.7 Å². The van der Waals surface area contributed by atoms with E-state index in [2.05, 4.69) is 31.5 Å². The maximum atomic E-state index is 13.9. The van der Waals surface area contributed by atoms with Gasteiger partial charge in [-0.2, -0.15) is 18.2 Å². The molecule has 0 unspecified atom stereocenters. The van der Waals surface area contributed by atoms with Crippen molar-refractivity contribution >= 4 is 33.4 Å². The molecule has 0 fully saturated rings. The lowest BCUT2D eigenvalue weighted by Gasteiger charge is -2.19. The predicted octanol–water partition coefficient (Wildman–Crippen LogP) is 6.28. The van der Waals surface area contributed by atoms with Gasteiger partial charge in [0.25, 0.3) is 11.8 Å². The molecule has 0 aliphatic carbocycles. The van der Waals surface area contributed by atoms with E-state index in [0.717, 1.165) is 4.47 Å². The largest absolute Gasteiger partial charge is 0.476 e. The van der Waals surface area contributed by atoms with Gasteiger partial charge in [-0.3, -0.25) is 5.32 Å². The third-order valence-electron chi connectivity index (χ3n) is 3.60. The topological polar surface area (TPSA) is 83.5 Å². The van der Waals surface area contributed by atoms with Crippen molar-refractivity contribution in [1.82, 2.24) is 4.98 Å². The predicted molar refractivity (Wildman–Crippen MR) is 114 cm³/mol. The molecule has 0 saturated heterocycles. The summed E-state index contributed by atoms with van der Waals surface area (Å²) in [6.45, 7) is 7.48. The molecule has 1 atom stereocenters. The summed E-state index contributed by atoms with van der Waals surface area (Å²) in [6.07, 6.45) is -0.348. The molecule has 1 amide bonds. The number of amides is 1. The summed E-state index contributed by atoms with van der Waals surface area (Å²) < 4.78 is 46.6. The SMILES string of the molecule is CCOc1nc(F)c(F)c(N[C@@H](C)CC(C)C)c1F.O=C(O)Nc1ccc(Br)cc1. The molecule has 0 bridgehead atoms. The van der Waals surface area contributed by atoms with Gasteiger partial charge in [0.15, 0.2) is 0 Å². The molecule has 0 radical (unpaired) electrons. The molecule has 30 heavy (non-hydrogen) atoms. The van der Waals surface area contributed by atoms with Crippen molar-refractivity contribution in [1.29, 1.82) is 0 Å². The van der Waals surface area contributed by atoms with Gasteiger partial charge < -0.3 is 15.2 Å². The Labute approximate surface area is 182 Å². The number of aromatic nitrogens is 1. The zero-order valence-electron chi connectivity index (χ0n) is 17.1. The van der Waals surface area contributed by atoms with Crippen LogP contribution in [0.1, 0.15) is 34.1 Å². The number of ether oxygens (including phenoxy) is 1. The van der Waals surface area contributed by atoms with Crippen LogP contribution in [-0.2, 0) is 0 Å². The summed E-state index contributed by atoms with van der Waals surface area (Å²) >= 11 is 3.24. The first-order valence-corrected chi connectivity index (χ1v) is 10.0. The molecule has 0 aliphatic rings. The summed E-state index contributed by atoms with van der Waals surface area (Å²) in [6, 6.07) is 6.70. The van der Waals surface area contributed by atoms with Crippen LogP contribution < -0.4 is 15.4 Å². The van der Waals surface area contributed by atoms with Crippen LogP contribution in [-0.4, -0.2) is 28.8 Å². The number of nitrogens with zero attached hydrogens (tertiary/aromatic N) is 1. The van der Waals surface area contributed by atoms with E-state index in [1.165, 1.54) is 0 Å². The minimum Gasteiger partial charge on any atom is -0.476 e. The second kappa shape index (κ2) is 12.3. The third kappa shape index (κ3) is 8.48. The van der Waals surface area contributed by atoms with Gasteiger partial charge in [0, 0.05) is 16.2 Å². The van der Waals surface area contributed by atoms with Crippen molar-refractivity contribution in [3.63, 3.8) is 0 Å². The van der Waals surface area contributed by atoms with Gasteiger partial charge in [-0.15, -0.1) is 0 Å². The fraction of sp³-hybridized carbons (Fsp3) is 0.400. The van der Waals surface area contributed by atoms with Gasteiger partial charge in [0.05, 0.1) is 6.61 Å². The molecule has 3 N–H and O–H groups in total. The molecule has 166 valence electrons. The zero-order valence-corrected chi connectivity index (χ0v) is 18.7. The van der Waals surface area contributed by atoms with Crippen LogP contribution in [0.25, 0.3) is 0 Å². The number of pyridine rings is 1. The standard InChI is InChI=1S/C13H19F3N2O.C7H6BrNO2/c1-5-19-13-10(15)11(9(14)12(16)18-13)17-8(4)6-7(2)3;8-5-1-3-6(4-2-5)9-7(10)11/h7-8H,5-6H2,1-4H3,(H,17,18);1-4,9H,(H,10,11)/t8-;/m0./s1. The Kier molecular flexibility index (Phi) is 10.4. The lowest BCUT2D eigenvalue weighted by Crippen LogP contribution is -2.20. The molecule has 2 aromatic rings. The molecule has 1 aromatic heterocycles. The van der Waals surface area contributed by atoms with E-state index in [1.807, 2.05) is 13.8 Å². The number of hydrogen-bond donors (Lipinski definition) is 3. The summed E-state index contributed by atoms with van der Waals surface area (Å²) in [5, 5.41) is 13.2. The van der Waals surface area contributed by atoms with Crippen molar-refractivity contribution in [2.45, 2.75) is 40.2 Å². The number of carbonyl (C=O) groups is 1. The fourth-order valence-corrected chi connectivity index (χ4v) is 2.79. The number of nitrogens with one attached hydrogen (secondary N) is 2. The van der Waals surface area contributed by atoms with E-state index in [4.69, 9.17) is 9.84 Å². The summed E-state index contributed by atoms with van der Waals surface area (Å²) in [5.41, 5.74) is 0.0461. The quantitative estimate of drug-likeness (QED) is 0.396. The van der Waals surface area contributed by atoms with Crippen LogP contribution in [0.3, 0.4) is 0 Å². The van der Waals surface area contributed by atoms with Crippen molar-refractivity contribution in [2.24, 2.45) is 5.92 Å². The summed E-state index contributed by atoms with van der Waals surface area (Å²) in [5.74, 6) is -3.87. The van der Waals surface area contributed by atoms with E-state index in [0.29, 0.717) is 18.0 Å².